The molecule has 0 aliphatic heterocycles. The molecule has 2 aromatic carbocycles. The summed E-state index contributed by atoms with van der Waals surface area (Å²) in [6.45, 7) is 1.93. The third-order valence-corrected chi connectivity index (χ3v) is 3.75. The second-order valence-corrected chi connectivity index (χ2v) is 5.65. The van der Waals surface area contributed by atoms with Crippen LogP contribution >= 0.6 is 23.8 Å². The summed E-state index contributed by atoms with van der Waals surface area (Å²) in [6.07, 6.45) is 0. The number of nitrogens with one attached hydrogen (secondary N) is 2. The monoisotopic (exact) mass is 351 g/mol. The molecule has 0 saturated carbocycles. The van der Waals surface area contributed by atoms with Gasteiger partial charge in [0.1, 0.15) is 11.5 Å². The van der Waals surface area contributed by atoms with Gasteiger partial charge in [0.15, 0.2) is 5.11 Å². The largest absolute Gasteiger partial charge is 0.495 e. The van der Waals surface area contributed by atoms with Crippen LogP contribution in [0.4, 0.5) is 17.1 Å². The molecule has 0 aromatic heterocycles. The van der Waals surface area contributed by atoms with Crippen molar-refractivity contribution in [1.29, 1.82) is 0 Å². The van der Waals surface area contributed by atoms with Crippen LogP contribution in [-0.2, 0) is 0 Å². The summed E-state index contributed by atoms with van der Waals surface area (Å²) in [5.41, 5.74) is 9.00. The lowest BCUT2D eigenvalue weighted by Gasteiger charge is -2.15. The Morgan fingerprint density at radius 2 is 1.78 bits per heavy atom. The number of hydrogen-bond acceptors (Lipinski definition) is 4. The molecule has 0 aliphatic carbocycles. The van der Waals surface area contributed by atoms with Gasteiger partial charge in [0, 0.05) is 17.4 Å². The van der Waals surface area contributed by atoms with Crippen LogP contribution in [0.25, 0.3) is 0 Å². The van der Waals surface area contributed by atoms with Gasteiger partial charge in [-0.2, -0.15) is 0 Å². The Balaban J connectivity index is 2.16. The Morgan fingerprint density at radius 3 is 2.39 bits per heavy atom. The maximum atomic E-state index is 6.14. The average molecular weight is 352 g/mol. The van der Waals surface area contributed by atoms with Crippen molar-refractivity contribution in [2.75, 3.05) is 30.6 Å². The van der Waals surface area contributed by atoms with E-state index < -0.39 is 0 Å². The minimum Gasteiger partial charge on any atom is -0.495 e. The summed E-state index contributed by atoms with van der Waals surface area (Å²) in [6, 6.07) is 8.99. The standard InChI is InChI=1S/C16H18ClN3O2S/c1-9-6-10(4-5-12(9)18)19-16(23)20-13-7-11(17)14(21-2)8-15(13)22-3/h4-8H,18H2,1-3H3,(H2,19,20,23). The quantitative estimate of drug-likeness (QED) is 0.570. The highest BCUT2D eigenvalue weighted by Crippen LogP contribution is 2.35. The summed E-state index contributed by atoms with van der Waals surface area (Å²) < 4.78 is 10.5. The molecular weight excluding hydrogens is 334 g/mol. The predicted molar refractivity (Wildman–Crippen MR) is 100.0 cm³/mol. The number of hydrogen-bond donors (Lipinski definition) is 3. The fourth-order valence-corrected chi connectivity index (χ4v) is 2.46. The van der Waals surface area contributed by atoms with Gasteiger partial charge in [0.25, 0.3) is 0 Å². The van der Waals surface area contributed by atoms with E-state index >= 15 is 0 Å². The van der Waals surface area contributed by atoms with Crippen LogP contribution in [0.15, 0.2) is 30.3 Å². The van der Waals surface area contributed by atoms with E-state index in [0.29, 0.717) is 27.3 Å². The van der Waals surface area contributed by atoms with E-state index in [1.54, 1.807) is 26.4 Å². The van der Waals surface area contributed by atoms with E-state index in [4.69, 9.17) is 39.0 Å². The first kappa shape index (κ1) is 17.2. The van der Waals surface area contributed by atoms with Crippen LogP contribution in [0.2, 0.25) is 5.02 Å². The highest BCUT2D eigenvalue weighted by Gasteiger charge is 2.11. The van der Waals surface area contributed by atoms with E-state index in [2.05, 4.69) is 10.6 Å². The number of aryl methyl sites for hydroxylation is 1. The molecule has 0 bridgehead atoms. The van der Waals surface area contributed by atoms with Gasteiger partial charge in [-0.25, -0.2) is 0 Å². The summed E-state index contributed by atoms with van der Waals surface area (Å²) in [5, 5.41) is 7.02. The fraction of sp³-hybridized carbons (Fsp3) is 0.188. The van der Waals surface area contributed by atoms with Gasteiger partial charge in [0.2, 0.25) is 0 Å². The minimum atomic E-state index is 0.411. The molecule has 2 aromatic rings. The molecule has 4 N–H and O–H groups in total. The molecule has 7 heteroatoms. The molecule has 0 atom stereocenters. The number of ether oxygens (including phenoxy) is 2. The molecule has 0 amide bonds. The lowest BCUT2D eigenvalue weighted by atomic mass is 10.2. The number of benzene rings is 2. The van der Waals surface area contributed by atoms with Gasteiger partial charge < -0.3 is 25.8 Å². The molecular formula is C16H18ClN3O2S. The van der Waals surface area contributed by atoms with Crippen molar-refractivity contribution in [2.45, 2.75) is 6.92 Å². The molecule has 0 fully saturated rings. The summed E-state index contributed by atoms with van der Waals surface area (Å²) in [4.78, 5) is 0. The van der Waals surface area contributed by atoms with Gasteiger partial charge in [-0.15, -0.1) is 0 Å². The Hall–Kier alpha value is -2.18. The normalized spacial score (nSPS) is 10.1. The van der Waals surface area contributed by atoms with Crippen molar-refractivity contribution < 1.29 is 9.47 Å². The lowest BCUT2D eigenvalue weighted by molar-refractivity contribution is 0.396. The second kappa shape index (κ2) is 7.39. The number of rotatable bonds is 4. The van der Waals surface area contributed by atoms with Crippen LogP contribution < -0.4 is 25.8 Å². The van der Waals surface area contributed by atoms with E-state index in [1.165, 1.54) is 0 Å². The number of halogens is 1. The highest BCUT2D eigenvalue weighted by atomic mass is 35.5. The van der Waals surface area contributed by atoms with E-state index in [0.717, 1.165) is 16.9 Å². The minimum absolute atomic E-state index is 0.411. The summed E-state index contributed by atoms with van der Waals surface area (Å²) in [7, 11) is 3.11. The molecule has 5 nitrogen and oxygen atoms in total. The Bertz CT molecular complexity index is 738. The molecule has 23 heavy (non-hydrogen) atoms. The van der Waals surface area contributed by atoms with Gasteiger partial charge in [-0.3, -0.25) is 0 Å². The first-order valence-corrected chi connectivity index (χ1v) is 7.59. The number of nitrogen functional groups attached to an aromatic ring is 1. The van der Waals surface area contributed by atoms with Crippen LogP contribution in [0.1, 0.15) is 5.56 Å². The lowest BCUT2D eigenvalue weighted by Crippen LogP contribution is -2.19. The summed E-state index contributed by atoms with van der Waals surface area (Å²) >= 11 is 11.5. The van der Waals surface area contributed by atoms with Crippen molar-refractivity contribution in [1.82, 2.24) is 0 Å². The SMILES string of the molecule is COc1cc(OC)c(NC(=S)Nc2ccc(N)c(C)c2)cc1Cl. The molecule has 0 spiro atoms. The zero-order chi connectivity index (χ0) is 17.0. The molecule has 0 unspecified atom stereocenters. The summed E-state index contributed by atoms with van der Waals surface area (Å²) in [5.74, 6) is 1.10. The Labute approximate surface area is 145 Å². The molecule has 0 saturated heterocycles. The fourth-order valence-electron chi connectivity index (χ4n) is 2.00. The van der Waals surface area contributed by atoms with E-state index in [1.807, 2.05) is 25.1 Å². The Morgan fingerprint density at radius 1 is 1.09 bits per heavy atom. The Kier molecular flexibility index (Phi) is 5.52. The van der Waals surface area contributed by atoms with Crippen molar-refractivity contribution in [3.8, 4) is 11.5 Å². The first-order valence-electron chi connectivity index (χ1n) is 6.80. The number of nitrogens with two attached hydrogens (primary N) is 1. The van der Waals surface area contributed by atoms with Crippen molar-refractivity contribution in [2.24, 2.45) is 0 Å². The third kappa shape index (κ3) is 4.18. The smallest absolute Gasteiger partial charge is 0.175 e. The van der Waals surface area contributed by atoms with Gasteiger partial charge in [-0.05, 0) is 49.0 Å². The number of anilines is 3. The zero-order valence-corrected chi connectivity index (χ0v) is 14.6. The molecule has 0 radical (unpaired) electrons. The zero-order valence-electron chi connectivity index (χ0n) is 13.1. The van der Waals surface area contributed by atoms with Crippen molar-refractivity contribution in [3.63, 3.8) is 0 Å². The van der Waals surface area contributed by atoms with E-state index in [9.17, 15) is 0 Å². The average Bonchev–Trinajstić information content (AvgIpc) is 2.51. The van der Waals surface area contributed by atoms with Gasteiger partial charge in [0.05, 0.1) is 24.9 Å². The number of thiocarbonyl (C=S) groups is 1. The highest BCUT2D eigenvalue weighted by molar-refractivity contribution is 7.80. The molecule has 2 rings (SSSR count). The maximum Gasteiger partial charge on any atom is 0.175 e. The van der Waals surface area contributed by atoms with Crippen LogP contribution in [-0.4, -0.2) is 19.3 Å². The first-order chi connectivity index (χ1) is 10.9. The maximum absolute atomic E-state index is 6.14. The van der Waals surface area contributed by atoms with E-state index in [-0.39, 0.29) is 0 Å². The molecule has 0 aliphatic rings. The van der Waals surface area contributed by atoms with Crippen LogP contribution in [0, 0.1) is 6.92 Å². The second-order valence-electron chi connectivity index (χ2n) is 4.84. The van der Waals surface area contributed by atoms with Crippen LogP contribution in [0.5, 0.6) is 11.5 Å². The molecule has 122 valence electrons. The predicted octanol–water partition coefficient (Wildman–Crippen LogP) is 4.06. The topological polar surface area (TPSA) is 68.5 Å². The molecule has 0 heterocycles. The number of methoxy groups -OCH3 is 2. The van der Waals surface area contributed by atoms with Gasteiger partial charge in [-0.1, -0.05) is 11.6 Å². The van der Waals surface area contributed by atoms with Crippen LogP contribution in [0.3, 0.4) is 0 Å². The van der Waals surface area contributed by atoms with Gasteiger partial charge >= 0.3 is 0 Å². The van der Waals surface area contributed by atoms with Crippen molar-refractivity contribution >= 4 is 46.0 Å². The van der Waals surface area contributed by atoms with Crippen molar-refractivity contribution in [3.05, 3.63) is 40.9 Å². The third-order valence-electron chi connectivity index (χ3n) is 3.25.